The molecule has 0 aliphatic carbocycles. The first-order chi connectivity index (χ1) is 12.1. The van der Waals surface area contributed by atoms with Gasteiger partial charge in [-0.1, -0.05) is 6.07 Å². The van der Waals surface area contributed by atoms with Crippen LogP contribution in [0.2, 0.25) is 0 Å². The zero-order valence-electron chi connectivity index (χ0n) is 13.3. The van der Waals surface area contributed by atoms with E-state index in [0.717, 1.165) is 16.6 Å². The van der Waals surface area contributed by atoms with Crippen molar-refractivity contribution in [3.8, 4) is 23.0 Å². The van der Waals surface area contributed by atoms with Crippen LogP contribution in [0.25, 0.3) is 27.8 Å². The number of nitrogens with zero attached hydrogens (tertiary/aromatic N) is 5. The molecule has 0 saturated heterocycles. The van der Waals surface area contributed by atoms with E-state index < -0.39 is 5.82 Å². The number of aromatic nitrogens is 4. The molecule has 2 N–H and O–H groups in total. The second kappa shape index (κ2) is 5.46. The van der Waals surface area contributed by atoms with E-state index in [1.807, 2.05) is 31.3 Å². The summed E-state index contributed by atoms with van der Waals surface area (Å²) >= 11 is 0. The normalized spacial score (nSPS) is 10.9. The summed E-state index contributed by atoms with van der Waals surface area (Å²) in [5, 5.41) is 18.4. The fourth-order valence-electron chi connectivity index (χ4n) is 2.85. The largest absolute Gasteiger partial charge is 0.382 e. The predicted octanol–water partition coefficient (Wildman–Crippen LogP) is 3.02. The van der Waals surface area contributed by atoms with Gasteiger partial charge in [-0.2, -0.15) is 15.5 Å². The summed E-state index contributed by atoms with van der Waals surface area (Å²) in [7, 11) is 1.87. The lowest BCUT2D eigenvalue weighted by Gasteiger charge is -2.08. The predicted molar refractivity (Wildman–Crippen MR) is 92.4 cm³/mol. The van der Waals surface area contributed by atoms with Crippen molar-refractivity contribution in [2.45, 2.75) is 0 Å². The highest BCUT2D eigenvalue weighted by Crippen LogP contribution is 2.28. The molecule has 122 valence electrons. The lowest BCUT2D eigenvalue weighted by Crippen LogP contribution is -2.00. The number of benzene rings is 2. The second-order valence-electron chi connectivity index (χ2n) is 5.68. The van der Waals surface area contributed by atoms with Gasteiger partial charge in [0.2, 0.25) is 0 Å². The van der Waals surface area contributed by atoms with Crippen molar-refractivity contribution < 1.29 is 4.39 Å². The quantitative estimate of drug-likeness (QED) is 0.611. The molecule has 2 aromatic carbocycles. The monoisotopic (exact) mass is 332 g/mol. The van der Waals surface area contributed by atoms with Gasteiger partial charge in [0.05, 0.1) is 28.7 Å². The number of nitrogens with two attached hydrogens (primary N) is 1. The average molecular weight is 332 g/mol. The SMILES string of the molecule is Cn1ncc2cc(-n3nc(N)cc3-c3ccc(C#N)c(F)c3)ccc21. The molecule has 0 saturated carbocycles. The number of hydrogen-bond acceptors (Lipinski definition) is 4. The van der Waals surface area contributed by atoms with Crippen LogP contribution in [0, 0.1) is 17.1 Å². The molecule has 0 atom stereocenters. The molecule has 0 amide bonds. The molecule has 6 nitrogen and oxygen atoms in total. The van der Waals surface area contributed by atoms with Gasteiger partial charge < -0.3 is 5.73 Å². The van der Waals surface area contributed by atoms with Crippen LogP contribution >= 0.6 is 0 Å². The molecule has 7 heteroatoms. The maximum Gasteiger partial charge on any atom is 0.146 e. The van der Waals surface area contributed by atoms with Crippen molar-refractivity contribution in [3.63, 3.8) is 0 Å². The lowest BCUT2D eigenvalue weighted by molar-refractivity contribution is 0.624. The number of nitrogen functional groups attached to an aromatic ring is 1. The van der Waals surface area contributed by atoms with Crippen LogP contribution in [0.3, 0.4) is 0 Å². The minimum absolute atomic E-state index is 0.000401. The third kappa shape index (κ3) is 2.40. The summed E-state index contributed by atoms with van der Waals surface area (Å²) in [5.74, 6) is -0.250. The molecule has 2 aromatic heterocycles. The van der Waals surface area contributed by atoms with Gasteiger partial charge in [0.15, 0.2) is 0 Å². The molecule has 0 fully saturated rings. The van der Waals surface area contributed by atoms with Crippen LogP contribution in [0.15, 0.2) is 48.7 Å². The van der Waals surface area contributed by atoms with Crippen molar-refractivity contribution in [2.75, 3.05) is 5.73 Å². The molecule has 0 aliphatic rings. The van der Waals surface area contributed by atoms with Crippen molar-refractivity contribution in [2.24, 2.45) is 7.05 Å². The van der Waals surface area contributed by atoms with Gasteiger partial charge in [-0.05, 0) is 30.3 Å². The Hall–Kier alpha value is -3.66. The highest BCUT2D eigenvalue weighted by molar-refractivity contribution is 5.81. The van der Waals surface area contributed by atoms with Gasteiger partial charge in [-0.3, -0.25) is 4.68 Å². The zero-order chi connectivity index (χ0) is 17.6. The van der Waals surface area contributed by atoms with E-state index in [2.05, 4.69) is 10.2 Å². The number of halogens is 1. The standard InChI is InChI=1S/C18H13FN6/c1-24-16-5-4-14(6-13(16)10-22-24)25-17(8-18(21)23-25)11-2-3-12(9-20)15(19)7-11/h2-8,10H,1H3,(H2,21,23). The molecule has 0 spiro atoms. The maximum absolute atomic E-state index is 14.0. The van der Waals surface area contributed by atoms with Gasteiger partial charge in [0, 0.05) is 24.1 Å². The molecular formula is C18H13FN6. The average Bonchev–Trinajstić information content (AvgIpc) is 3.18. The molecule has 0 unspecified atom stereocenters. The molecular weight excluding hydrogens is 319 g/mol. The van der Waals surface area contributed by atoms with Crippen LogP contribution in [-0.2, 0) is 7.05 Å². The Morgan fingerprint density at radius 1 is 1.16 bits per heavy atom. The molecule has 2 heterocycles. The van der Waals surface area contributed by atoms with Crippen LogP contribution in [0.1, 0.15) is 5.56 Å². The van der Waals surface area contributed by atoms with E-state index in [-0.39, 0.29) is 5.56 Å². The van der Waals surface area contributed by atoms with Crippen LogP contribution in [0.5, 0.6) is 0 Å². The number of rotatable bonds is 2. The molecule has 0 aliphatic heterocycles. The van der Waals surface area contributed by atoms with Gasteiger partial charge in [-0.25, -0.2) is 9.07 Å². The summed E-state index contributed by atoms with van der Waals surface area (Å²) < 4.78 is 17.4. The summed E-state index contributed by atoms with van der Waals surface area (Å²) in [4.78, 5) is 0. The van der Waals surface area contributed by atoms with E-state index in [1.165, 1.54) is 12.1 Å². The van der Waals surface area contributed by atoms with E-state index >= 15 is 0 Å². The number of hydrogen-bond donors (Lipinski definition) is 1. The lowest BCUT2D eigenvalue weighted by atomic mass is 10.1. The van der Waals surface area contributed by atoms with Gasteiger partial charge in [0.1, 0.15) is 17.7 Å². The number of aryl methyl sites for hydroxylation is 1. The van der Waals surface area contributed by atoms with Crippen LogP contribution in [0.4, 0.5) is 10.2 Å². The maximum atomic E-state index is 14.0. The summed E-state index contributed by atoms with van der Waals surface area (Å²) in [5.41, 5.74) is 8.89. The zero-order valence-corrected chi connectivity index (χ0v) is 13.3. The smallest absolute Gasteiger partial charge is 0.146 e. The minimum Gasteiger partial charge on any atom is -0.382 e. The van der Waals surface area contributed by atoms with Crippen molar-refractivity contribution in [1.29, 1.82) is 5.26 Å². The van der Waals surface area contributed by atoms with E-state index in [4.69, 9.17) is 11.0 Å². The minimum atomic E-state index is -0.575. The van der Waals surface area contributed by atoms with Crippen molar-refractivity contribution in [3.05, 3.63) is 60.0 Å². The molecule has 25 heavy (non-hydrogen) atoms. The van der Waals surface area contributed by atoms with Crippen LogP contribution in [-0.4, -0.2) is 19.6 Å². The summed E-state index contributed by atoms with van der Waals surface area (Å²) in [6.07, 6.45) is 1.77. The van der Waals surface area contributed by atoms with Crippen molar-refractivity contribution >= 4 is 16.7 Å². The first kappa shape index (κ1) is 14.9. The highest BCUT2D eigenvalue weighted by Gasteiger charge is 2.13. The van der Waals surface area contributed by atoms with E-state index in [9.17, 15) is 4.39 Å². The molecule has 4 rings (SSSR count). The Balaban J connectivity index is 1.88. The van der Waals surface area contributed by atoms with Gasteiger partial charge in [-0.15, -0.1) is 0 Å². The first-order valence-corrected chi connectivity index (χ1v) is 7.54. The number of fused-ring (bicyclic) bond motifs is 1. The summed E-state index contributed by atoms with van der Waals surface area (Å²) in [6, 6.07) is 13.7. The second-order valence-corrected chi connectivity index (χ2v) is 5.68. The van der Waals surface area contributed by atoms with Gasteiger partial charge >= 0.3 is 0 Å². The van der Waals surface area contributed by atoms with E-state index in [1.54, 1.807) is 27.7 Å². The topological polar surface area (TPSA) is 85.4 Å². The Labute approximate surface area is 142 Å². The first-order valence-electron chi connectivity index (χ1n) is 7.54. The van der Waals surface area contributed by atoms with Crippen LogP contribution < -0.4 is 5.73 Å². The Morgan fingerprint density at radius 3 is 2.76 bits per heavy atom. The van der Waals surface area contributed by atoms with E-state index in [0.29, 0.717) is 17.1 Å². The molecule has 0 bridgehead atoms. The number of anilines is 1. The summed E-state index contributed by atoms with van der Waals surface area (Å²) in [6.45, 7) is 0. The molecule has 4 aromatic rings. The Kier molecular flexibility index (Phi) is 3.25. The third-order valence-corrected chi connectivity index (χ3v) is 4.09. The van der Waals surface area contributed by atoms with Crippen molar-refractivity contribution in [1.82, 2.24) is 19.6 Å². The Morgan fingerprint density at radius 2 is 2.00 bits per heavy atom. The third-order valence-electron chi connectivity index (χ3n) is 4.09. The molecule has 0 radical (unpaired) electrons. The van der Waals surface area contributed by atoms with Gasteiger partial charge in [0.25, 0.3) is 0 Å². The fraction of sp³-hybridized carbons (Fsp3) is 0.0556. The number of nitriles is 1. The Bertz CT molecular complexity index is 1150. The fourth-order valence-corrected chi connectivity index (χ4v) is 2.85. The highest BCUT2D eigenvalue weighted by atomic mass is 19.1.